The Hall–Kier alpha value is -0.320. The van der Waals surface area contributed by atoms with E-state index in [1.807, 2.05) is 0 Å². The normalized spacial score (nSPS) is 23.0. The molecule has 1 unspecified atom stereocenters. The van der Waals surface area contributed by atoms with Gasteiger partial charge in [0.15, 0.2) is 9.53 Å². The van der Waals surface area contributed by atoms with Crippen molar-refractivity contribution in [2.24, 2.45) is 0 Å². The Morgan fingerprint density at radius 2 is 2.62 bits per heavy atom. The molecule has 0 aliphatic carbocycles. The number of hydrogen-bond acceptors (Lipinski definition) is 4. The van der Waals surface area contributed by atoms with Gasteiger partial charge < -0.3 is 10.1 Å². The molecule has 1 aliphatic rings. The zero-order valence-corrected chi connectivity index (χ0v) is 8.70. The van der Waals surface area contributed by atoms with Crippen molar-refractivity contribution in [1.82, 2.24) is 10.3 Å². The SMILES string of the molecule is Clc1ncc(OC2CCCNC2)s1. The summed E-state index contributed by atoms with van der Waals surface area (Å²) in [5, 5.41) is 4.11. The molecule has 1 aromatic heterocycles. The first-order valence-corrected chi connectivity index (χ1v) is 5.53. The quantitative estimate of drug-likeness (QED) is 0.824. The molecule has 0 spiro atoms. The topological polar surface area (TPSA) is 34.1 Å². The summed E-state index contributed by atoms with van der Waals surface area (Å²) < 4.78 is 6.23. The Morgan fingerprint density at radius 1 is 1.69 bits per heavy atom. The molecule has 1 aliphatic heterocycles. The van der Waals surface area contributed by atoms with E-state index in [4.69, 9.17) is 16.3 Å². The van der Waals surface area contributed by atoms with Gasteiger partial charge in [0, 0.05) is 6.54 Å². The molecule has 2 rings (SSSR count). The van der Waals surface area contributed by atoms with Crippen LogP contribution in [0, 0.1) is 0 Å². The zero-order valence-electron chi connectivity index (χ0n) is 7.12. The second-order valence-electron chi connectivity index (χ2n) is 3.02. The highest BCUT2D eigenvalue weighted by Gasteiger charge is 2.15. The van der Waals surface area contributed by atoms with Crippen LogP contribution in [0.4, 0.5) is 0 Å². The monoisotopic (exact) mass is 218 g/mol. The zero-order chi connectivity index (χ0) is 9.10. The van der Waals surface area contributed by atoms with E-state index in [-0.39, 0.29) is 6.10 Å². The third kappa shape index (κ3) is 2.56. The number of hydrogen-bond donors (Lipinski definition) is 1. The summed E-state index contributed by atoms with van der Waals surface area (Å²) in [5.74, 6) is 0. The van der Waals surface area contributed by atoms with Crippen molar-refractivity contribution in [2.45, 2.75) is 18.9 Å². The van der Waals surface area contributed by atoms with Gasteiger partial charge in [-0.05, 0) is 19.4 Å². The van der Waals surface area contributed by atoms with E-state index in [1.54, 1.807) is 6.20 Å². The standard InChI is InChI=1S/C8H11ClN2OS/c9-8-11-5-7(13-8)12-6-2-1-3-10-4-6/h5-6,10H,1-4H2. The van der Waals surface area contributed by atoms with E-state index < -0.39 is 0 Å². The Bertz CT molecular complexity index is 273. The number of rotatable bonds is 2. The molecule has 0 saturated carbocycles. The van der Waals surface area contributed by atoms with Crippen molar-refractivity contribution >= 4 is 22.9 Å². The van der Waals surface area contributed by atoms with Crippen molar-refractivity contribution < 1.29 is 4.74 Å². The third-order valence-electron chi connectivity index (χ3n) is 1.99. The fourth-order valence-corrected chi connectivity index (χ4v) is 2.22. The van der Waals surface area contributed by atoms with Crippen LogP contribution in [-0.2, 0) is 0 Å². The summed E-state index contributed by atoms with van der Waals surface area (Å²) in [4.78, 5) is 3.92. The van der Waals surface area contributed by atoms with E-state index in [2.05, 4.69) is 10.3 Å². The Balaban J connectivity index is 1.89. The van der Waals surface area contributed by atoms with Crippen molar-refractivity contribution in [3.63, 3.8) is 0 Å². The molecule has 1 aromatic rings. The lowest BCUT2D eigenvalue weighted by molar-refractivity contribution is 0.172. The maximum Gasteiger partial charge on any atom is 0.195 e. The first-order chi connectivity index (χ1) is 6.34. The van der Waals surface area contributed by atoms with E-state index in [0.29, 0.717) is 4.47 Å². The number of ether oxygens (including phenoxy) is 1. The summed E-state index contributed by atoms with van der Waals surface area (Å²) in [7, 11) is 0. The highest BCUT2D eigenvalue weighted by molar-refractivity contribution is 7.17. The summed E-state index contributed by atoms with van der Waals surface area (Å²) in [6.07, 6.45) is 4.26. The number of nitrogens with zero attached hydrogens (tertiary/aromatic N) is 1. The first-order valence-electron chi connectivity index (χ1n) is 4.33. The molecule has 72 valence electrons. The van der Waals surface area contributed by atoms with Crippen molar-refractivity contribution in [1.29, 1.82) is 0 Å². The largest absolute Gasteiger partial charge is 0.478 e. The number of aromatic nitrogens is 1. The lowest BCUT2D eigenvalue weighted by Crippen LogP contribution is -2.36. The van der Waals surface area contributed by atoms with Crippen LogP contribution in [0.5, 0.6) is 5.06 Å². The number of thiazole rings is 1. The smallest absolute Gasteiger partial charge is 0.195 e. The van der Waals surface area contributed by atoms with Crippen LogP contribution in [0.3, 0.4) is 0 Å². The summed E-state index contributed by atoms with van der Waals surface area (Å²) >= 11 is 7.08. The van der Waals surface area contributed by atoms with Crippen LogP contribution in [0.2, 0.25) is 4.47 Å². The van der Waals surface area contributed by atoms with Crippen LogP contribution in [0.25, 0.3) is 0 Å². The molecule has 1 saturated heterocycles. The van der Waals surface area contributed by atoms with Crippen molar-refractivity contribution in [2.75, 3.05) is 13.1 Å². The van der Waals surface area contributed by atoms with Gasteiger partial charge in [-0.2, -0.15) is 0 Å². The predicted molar refractivity (Wildman–Crippen MR) is 53.6 cm³/mol. The van der Waals surface area contributed by atoms with Gasteiger partial charge in [-0.3, -0.25) is 0 Å². The minimum absolute atomic E-state index is 0.283. The lowest BCUT2D eigenvalue weighted by atomic mass is 10.1. The van der Waals surface area contributed by atoms with Gasteiger partial charge in [-0.25, -0.2) is 4.98 Å². The molecule has 1 N–H and O–H groups in total. The average molecular weight is 219 g/mol. The lowest BCUT2D eigenvalue weighted by Gasteiger charge is -2.22. The van der Waals surface area contributed by atoms with E-state index in [0.717, 1.165) is 24.6 Å². The molecular formula is C8H11ClN2OS. The van der Waals surface area contributed by atoms with Gasteiger partial charge in [0.25, 0.3) is 0 Å². The molecule has 0 amide bonds. The van der Waals surface area contributed by atoms with E-state index in [9.17, 15) is 0 Å². The molecule has 2 heterocycles. The first kappa shape index (κ1) is 9.24. The Morgan fingerprint density at radius 3 is 3.23 bits per heavy atom. The van der Waals surface area contributed by atoms with Gasteiger partial charge in [0.2, 0.25) is 0 Å². The fourth-order valence-electron chi connectivity index (χ4n) is 1.38. The molecule has 0 aromatic carbocycles. The van der Waals surface area contributed by atoms with Crippen LogP contribution in [-0.4, -0.2) is 24.2 Å². The summed E-state index contributed by atoms with van der Waals surface area (Å²) in [6.45, 7) is 2.03. The second-order valence-corrected chi connectivity index (χ2v) is 4.59. The summed E-state index contributed by atoms with van der Waals surface area (Å²) in [5.41, 5.74) is 0. The van der Waals surface area contributed by atoms with Gasteiger partial charge in [0.05, 0.1) is 6.20 Å². The molecule has 1 fully saturated rings. The molecular weight excluding hydrogens is 208 g/mol. The molecule has 0 bridgehead atoms. The van der Waals surface area contributed by atoms with E-state index in [1.165, 1.54) is 17.8 Å². The highest BCUT2D eigenvalue weighted by atomic mass is 35.5. The predicted octanol–water partition coefficient (Wildman–Crippen LogP) is 1.93. The molecule has 3 nitrogen and oxygen atoms in total. The minimum atomic E-state index is 0.283. The van der Waals surface area contributed by atoms with Crippen molar-refractivity contribution in [3.8, 4) is 5.06 Å². The Labute approximate surface area is 86.1 Å². The van der Waals surface area contributed by atoms with Crippen LogP contribution in [0.15, 0.2) is 6.20 Å². The maximum absolute atomic E-state index is 5.69. The van der Waals surface area contributed by atoms with E-state index >= 15 is 0 Å². The number of halogens is 1. The van der Waals surface area contributed by atoms with Crippen molar-refractivity contribution in [3.05, 3.63) is 10.7 Å². The summed E-state index contributed by atoms with van der Waals surface area (Å²) in [6, 6.07) is 0. The minimum Gasteiger partial charge on any atom is -0.478 e. The van der Waals surface area contributed by atoms with Crippen LogP contribution >= 0.6 is 22.9 Å². The third-order valence-corrected chi connectivity index (χ3v) is 3.00. The molecule has 5 heteroatoms. The highest BCUT2D eigenvalue weighted by Crippen LogP contribution is 2.26. The maximum atomic E-state index is 5.69. The van der Waals surface area contributed by atoms with Crippen LogP contribution < -0.4 is 10.1 Å². The average Bonchev–Trinajstić information content (AvgIpc) is 2.53. The molecule has 1 atom stereocenters. The van der Waals surface area contributed by atoms with Gasteiger partial charge in [-0.15, -0.1) is 0 Å². The molecule has 0 radical (unpaired) electrons. The number of nitrogens with one attached hydrogen (secondary N) is 1. The van der Waals surface area contributed by atoms with Crippen LogP contribution in [0.1, 0.15) is 12.8 Å². The second kappa shape index (κ2) is 4.26. The number of piperidine rings is 1. The van der Waals surface area contributed by atoms with Gasteiger partial charge in [0.1, 0.15) is 6.10 Å². The fraction of sp³-hybridized carbons (Fsp3) is 0.625. The van der Waals surface area contributed by atoms with Gasteiger partial charge in [-0.1, -0.05) is 22.9 Å². The van der Waals surface area contributed by atoms with Gasteiger partial charge >= 0.3 is 0 Å². The Kier molecular flexibility index (Phi) is 3.03. The molecule has 13 heavy (non-hydrogen) atoms.